The van der Waals surface area contributed by atoms with Crippen LogP contribution >= 0.6 is 36.6 Å². The van der Waals surface area contributed by atoms with Gasteiger partial charge in [0.25, 0.3) is 0 Å². The molecule has 0 aliphatic carbocycles. The number of carbonyl (C=O) groups excluding carboxylic acids is 1. The van der Waals surface area contributed by atoms with Gasteiger partial charge in [-0.05, 0) is 12.1 Å². The van der Waals surface area contributed by atoms with Crippen molar-refractivity contribution >= 4 is 48.2 Å². The maximum atomic E-state index is 10.9. The number of para-hydroxylation sites is 1. The SMILES string of the molecule is Cl.Cl.O=C1CSc2ccccc2N1. The molecule has 2 nitrogen and oxygen atoms in total. The smallest absolute Gasteiger partial charge is 0.234 e. The van der Waals surface area contributed by atoms with Crippen LogP contribution in [-0.2, 0) is 4.79 Å². The van der Waals surface area contributed by atoms with E-state index >= 15 is 0 Å². The number of benzene rings is 1. The van der Waals surface area contributed by atoms with E-state index in [-0.39, 0.29) is 30.7 Å². The average molecular weight is 238 g/mol. The first-order valence-corrected chi connectivity index (χ1v) is 4.36. The molecule has 2 rings (SSSR count). The Morgan fingerprint density at radius 2 is 1.92 bits per heavy atom. The summed E-state index contributed by atoms with van der Waals surface area (Å²) in [6.45, 7) is 0. The molecule has 1 aromatic rings. The third-order valence-electron chi connectivity index (χ3n) is 1.52. The first kappa shape index (κ1) is 12.6. The first-order valence-electron chi connectivity index (χ1n) is 3.38. The minimum atomic E-state index is 0. The third-order valence-corrected chi connectivity index (χ3v) is 2.59. The van der Waals surface area contributed by atoms with Crippen LogP contribution in [0.15, 0.2) is 29.2 Å². The topological polar surface area (TPSA) is 29.1 Å². The fraction of sp³-hybridized carbons (Fsp3) is 0.125. The van der Waals surface area contributed by atoms with Gasteiger partial charge in [-0.3, -0.25) is 4.79 Å². The van der Waals surface area contributed by atoms with Crippen LogP contribution in [-0.4, -0.2) is 11.7 Å². The van der Waals surface area contributed by atoms with Gasteiger partial charge in [-0.2, -0.15) is 0 Å². The Bertz CT molecular complexity index is 306. The van der Waals surface area contributed by atoms with Crippen molar-refractivity contribution in [2.24, 2.45) is 0 Å². The summed E-state index contributed by atoms with van der Waals surface area (Å²) in [6, 6.07) is 7.83. The molecule has 0 spiro atoms. The van der Waals surface area contributed by atoms with E-state index < -0.39 is 0 Å². The molecule has 0 radical (unpaired) electrons. The van der Waals surface area contributed by atoms with Gasteiger partial charge in [-0.15, -0.1) is 36.6 Å². The second kappa shape index (κ2) is 5.37. The Labute approximate surface area is 93.3 Å². The van der Waals surface area contributed by atoms with Gasteiger partial charge in [0.15, 0.2) is 0 Å². The van der Waals surface area contributed by atoms with Crippen molar-refractivity contribution in [3.63, 3.8) is 0 Å². The highest BCUT2D eigenvalue weighted by Crippen LogP contribution is 2.30. The summed E-state index contributed by atoms with van der Waals surface area (Å²) >= 11 is 1.58. The number of hydrogen-bond donors (Lipinski definition) is 1. The maximum Gasteiger partial charge on any atom is 0.234 e. The Hall–Kier alpha value is -0.380. The molecule has 0 fully saturated rings. The summed E-state index contributed by atoms with van der Waals surface area (Å²) in [5, 5.41) is 2.80. The molecule has 1 aliphatic heterocycles. The number of fused-ring (bicyclic) bond motifs is 1. The molecule has 0 saturated heterocycles. The quantitative estimate of drug-likeness (QED) is 0.752. The van der Waals surface area contributed by atoms with Crippen molar-refractivity contribution < 1.29 is 4.79 Å². The maximum absolute atomic E-state index is 10.9. The Balaban J connectivity index is 0.000000720. The lowest BCUT2D eigenvalue weighted by Crippen LogP contribution is -2.18. The molecule has 0 saturated carbocycles. The number of carbonyl (C=O) groups is 1. The fourth-order valence-corrected chi connectivity index (χ4v) is 1.83. The van der Waals surface area contributed by atoms with Crippen molar-refractivity contribution in [1.29, 1.82) is 0 Å². The number of halogens is 2. The monoisotopic (exact) mass is 237 g/mol. The first-order chi connectivity index (χ1) is 5.36. The van der Waals surface area contributed by atoms with Crippen molar-refractivity contribution in [2.45, 2.75) is 4.90 Å². The third kappa shape index (κ3) is 2.79. The van der Waals surface area contributed by atoms with Crippen LogP contribution in [0.1, 0.15) is 0 Å². The molecule has 1 amide bonds. The van der Waals surface area contributed by atoms with Crippen molar-refractivity contribution in [3.05, 3.63) is 24.3 Å². The lowest BCUT2D eigenvalue weighted by atomic mass is 10.3. The molecule has 5 heteroatoms. The molecule has 13 heavy (non-hydrogen) atoms. The highest BCUT2D eigenvalue weighted by Gasteiger charge is 2.13. The van der Waals surface area contributed by atoms with E-state index in [0.29, 0.717) is 5.75 Å². The van der Waals surface area contributed by atoms with Crippen LogP contribution in [0.2, 0.25) is 0 Å². The van der Waals surface area contributed by atoms with Gasteiger partial charge in [0.1, 0.15) is 0 Å². The van der Waals surface area contributed by atoms with Crippen molar-refractivity contribution in [3.8, 4) is 0 Å². The van der Waals surface area contributed by atoms with Gasteiger partial charge in [0.05, 0.1) is 11.4 Å². The summed E-state index contributed by atoms with van der Waals surface area (Å²) in [6.07, 6.45) is 0. The second-order valence-electron chi connectivity index (χ2n) is 2.33. The molecular formula is C8H9Cl2NOS. The predicted octanol–water partition coefficient (Wildman–Crippen LogP) is 2.57. The lowest BCUT2D eigenvalue weighted by molar-refractivity contribution is -0.113. The Morgan fingerprint density at radius 3 is 2.69 bits per heavy atom. The normalized spacial score (nSPS) is 13.1. The van der Waals surface area contributed by atoms with Crippen LogP contribution < -0.4 is 5.32 Å². The van der Waals surface area contributed by atoms with Crippen LogP contribution in [0.25, 0.3) is 0 Å². The molecule has 1 heterocycles. The molecular weight excluding hydrogens is 229 g/mol. The van der Waals surface area contributed by atoms with Crippen LogP contribution in [0.5, 0.6) is 0 Å². The summed E-state index contributed by atoms with van der Waals surface area (Å²) in [7, 11) is 0. The molecule has 72 valence electrons. The number of rotatable bonds is 0. The van der Waals surface area contributed by atoms with Gasteiger partial charge in [-0.1, -0.05) is 12.1 Å². The zero-order valence-corrected chi connectivity index (χ0v) is 9.10. The molecule has 1 N–H and O–H groups in total. The van der Waals surface area contributed by atoms with Crippen LogP contribution in [0, 0.1) is 0 Å². The van der Waals surface area contributed by atoms with Gasteiger partial charge >= 0.3 is 0 Å². The van der Waals surface area contributed by atoms with Gasteiger partial charge < -0.3 is 5.32 Å². The molecule has 0 unspecified atom stereocenters. The molecule has 0 atom stereocenters. The summed E-state index contributed by atoms with van der Waals surface area (Å²) in [5.74, 6) is 0.630. The molecule has 1 aliphatic rings. The van der Waals surface area contributed by atoms with E-state index in [1.54, 1.807) is 11.8 Å². The molecule has 0 aromatic heterocycles. The number of hydrogen-bond acceptors (Lipinski definition) is 2. The Kier molecular flexibility index (Phi) is 5.21. The largest absolute Gasteiger partial charge is 0.324 e. The van der Waals surface area contributed by atoms with Gasteiger partial charge in [-0.25, -0.2) is 0 Å². The number of nitrogens with one attached hydrogen (secondary N) is 1. The minimum absolute atomic E-state index is 0. The fourth-order valence-electron chi connectivity index (χ4n) is 1.03. The van der Waals surface area contributed by atoms with Crippen LogP contribution in [0.4, 0.5) is 5.69 Å². The Morgan fingerprint density at radius 1 is 1.23 bits per heavy atom. The van der Waals surface area contributed by atoms with Crippen molar-refractivity contribution in [2.75, 3.05) is 11.1 Å². The van der Waals surface area contributed by atoms with E-state index in [9.17, 15) is 4.79 Å². The second-order valence-corrected chi connectivity index (χ2v) is 3.35. The average Bonchev–Trinajstić information content (AvgIpc) is 2.04. The molecule has 1 aromatic carbocycles. The number of amides is 1. The summed E-state index contributed by atoms with van der Waals surface area (Å²) < 4.78 is 0. The van der Waals surface area contributed by atoms with Gasteiger partial charge in [0.2, 0.25) is 5.91 Å². The van der Waals surface area contributed by atoms with Crippen molar-refractivity contribution in [1.82, 2.24) is 0 Å². The highest BCUT2D eigenvalue weighted by molar-refractivity contribution is 8.00. The predicted molar refractivity (Wildman–Crippen MR) is 60.3 cm³/mol. The number of thioether (sulfide) groups is 1. The summed E-state index contributed by atoms with van der Waals surface area (Å²) in [5.41, 5.74) is 0.939. The minimum Gasteiger partial charge on any atom is -0.324 e. The standard InChI is InChI=1S/C8H7NOS.2ClH/c10-8-5-11-7-4-2-1-3-6(7)9-8;;/h1-4H,5H2,(H,9,10);2*1H. The molecule has 0 bridgehead atoms. The van der Waals surface area contributed by atoms with E-state index in [2.05, 4.69) is 5.32 Å². The van der Waals surface area contributed by atoms with E-state index in [4.69, 9.17) is 0 Å². The number of anilines is 1. The van der Waals surface area contributed by atoms with E-state index in [0.717, 1.165) is 10.6 Å². The zero-order valence-electron chi connectivity index (χ0n) is 6.65. The van der Waals surface area contributed by atoms with E-state index in [1.807, 2.05) is 24.3 Å². The zero-order chi connectivity index (χ0) is 7.68. The van der Waals surface area contributed by atoms with Crippen LogP contribution in [0.3, 0.4) is 0 Å². The van der Waals surface area contributed by atoms with Gasteiger partial charge in [0, 0.05) is 4.90 Å². The van der Waals surface area contributed by atoms with E-state index in [1.165, 1.54) is 0 Å². The highest BCUT2D eigenvalue weighted by atomic mass is 35.5. The lowest BCUT2D eigenvalue weighted by Gasteiger charge is -2.14. The summed E-state index contributed by atoms with van der Waals surface area (Å²) in [4.78, 5) is 12.1.